The third kappa shape index (κ3) is 3.17. The molecule has 0 radical (unpaired) electrons. The number of nitrogens with two attached hydrogens (primary N) is 1. The molecule has 0 bridgehead atoms. The summed E-state index contributed by atoms with van der Waals surface area (Å²) in [5, 5.41) is 2.97. The van der Waals surface area contributed by atoms with Crippen molar-refractivity contribution < 1.29 is 9.13 Å². The minimum Gasteiger partial charge on any atom is -0.492 e. The van der Waals surface area contributed by atoms with Gasteiger partial charge in [0.1, 0.15) is 11.6 Å². The summed E-state index contributed by atoms with van der Waals surface area (Å²) in [6.45, 7) is 2.41. The van der Waals surface area contributed by atoms with Crippen molar-refractivity contribution in [1.29, 1.82) is 0 Å². The lowest BCUT2D eigenvalue weighted by Gasteiger charge is -2.13. The number of hydrogen-bond donors (Lipinski definition) is 2. The SMILES string of the molecule is CCOc1cccc(Nc2ccc(Br)cc2F)c1N. The monoisotopic (exact) mass is 324 g/mol. The van der Waals surface area contributed by atoms with Crippen LogP contribution in [0.25, 0.3) is 0 Å². The molecule has 2 aromatic carbocycles. The van der Waals surface area contributed by atoms with E-state index < -0.39 is 0 Å². The topological polar surface area (TPSA) is 47.3 Å². The van der Waals surface area contributed by atoms with Gasteiger partial charge in [-0.3, -0.25) is 0 Å². The zero-order chi connectivity index (χ0) is 13.8. The number of halogens is 2. The van der Waals surface area contributed by atoms with E-state index in [1.807, 2.05) is 6.92 Å². The molecule has 0 aromatic heterocycles. The van der Waals surface area contributed by atoms with Crippen LogP contribution in [0.5, 0.6) is 5.75 Å². The van der Waals surface area contributed by atoms with Gasteiger partial charge in [-0.15, -0.1) is 0 Å². The molecule has 0 saturated heterocycles. The van der Waals surface area contributed by atoms with Crippen molar-refractivity contribution in [2.24, 2.45) is 0 Å². The molecule has 0 fully saturated rings. The fourth-order valence-electron chi connectivity index (χ4n) is 1.67. The van der Waals surface area contributed by atoms with E-state index in [1.165, 1.54) is 6.07 Å². The maximum absolute atomic E-state index is 13.8. The Bertz CT molecular complexity index is 590. The van der Waals surface area contributed by atoms with Crippen molar-refractivity contribution >= 4 is 33.0 Å². The van der Waals surface area contributed by atoms with Crippen molar-refractivity contribution in [3.8, 4) is 5.75 Å². The van der Waals surface area contributed by atoms with Crippen molar-refractivity contribution in [3.63, 3.8) is 0 Å². The molecule has 5 heteroatoms. The van der Waals surface area contributed by atoms with E-state index in [4.69, 9.17) is 10.5 Å². The Balaban J connectivity index is 2.30. The molecule has 0 amide bonds. The normalized spacial score (nSPS) is 10.3. The highest BCUT2D eigenvalue weighted by Crippen LogP contribution is 2.32. The first-order chi connectivity index (χ1) is 9.11. The van der Waals surface area contributed by atoms with Gasteiger partial charge in [0.2, 0.25) is 0 Å². The van der Waals surface area contributed by atoms with Crippen LogP contribution < -0.4 is 15.8 Å². The summed E-state index contributed by atoms with van der Waals surface area (Å²) >= 11 is 3.22. The smallest absolute Gasteiger partial charge is 0.147 e. The summed E-state index contributed by atoms with van der Waals surface area (Å²) in [6, 6.07) is 10.2. The standard InChI is InChI=1S/C14H14BrFN2O/c1-2-19-13-5-3-4-12(14(13)17)18-11-7-6-9(15)8-10(11)16/h3-8,18H,2,17H2,1H3. The molecule has 0 aliphatic carbocycles. The minimum absolute atomic E-state index is 0.351. The van der Waals surface area contributed by atoms with Crippen molar-refractivity contribution in [2.75, 3.05) is 17.7 Å². The highest BCUT2D eigenvalue weighted by molar-refractivity contribution is 9.10. The fraction of sp³-hybridized carbons (Fsp3) is 0.143. The molecule has 0 saturated carbocycles. The molecule has 100 valence electrons. The highest BCUT2D eigenvalue weighted by Gasteiger charge is 2.08. The van der Waals surface area contributed by atoms with Gasteiger partial charge in [-0.05, 0) is 37.3 Å². The highest BCUT2D eigenvalue weighted by atomic mass is 79.9. The zero-order valence-corrected chi connectivity index (χ0v) is 12.0. The molecule has 3 nitrogen and oxygen atoms in total. The molecule has 2 rings (SSSR count). The summed E-state index contributed by atoms with van der Waals surface area (Å²) in [6.07, 6.45) is 0. The second-order valence-corrected chi connectivity index (χ2v) is 4.82. The van der Waals surface area contributed by atoms with Crippen LogP contribution in [0.1, 0.15) is 6.92 Å². The Kier molecular flexibility index (Phi) is 4.27. The van der Waals surface area contributed by atoms with Crippen molar-refractivity contribution in [3.05, 3.63) is 46.7 Å². The Morgan fingerprint density at radius 2 is 2.05 bits per heavy atom. The van der Waals surface area contributed by atoms with Gasteiger partial charge in [-0.1, -0.05) is 22.0 Å². The Hall–Kier alpha value is -1.75. The lowest BCUT2D eigenvalue weighted by Crippen LogP contribution is -2.02. The maximum Gasteiger partial charge on any atom is 0.147 e. The van der Waals surface area contributed by atoms with Crippen LogP contribution in [-0.2, 0) is 0 Å². The summed E-state index contributed by atoms with van der Waals surface area (Å²) < 4.78 is 19.8. The van der Waals surface area contributed by atoms with E-state index in [9.17, 15) is 4.39 Å². The molecule has 0 atom stereocenters. The first-order valence-electron chi connectivity index (χ1n) is 5.85. The van der Waals surface area contributed by atoms with E-state index in [0.29, 0.717) is 33.9 Å². The molecule has 0 aliphatic heterocycles. The lowest BCUT2D eigenvalue weighted by atomic mass is 10.2. The lowest BCUT2D eigenvalue weighted by molar-refractivity contribution is 0.342. The number of benzene rings is 2. The van der Waals surface area contributed by atoms with Crippen LogP contribution in [0.2, 0.25) is 0 Å². The Morgan fingerprint density at radius 3 is 2.74 bits per heavy atom. The second kappa shape index (κ2) is 5.93. The quantitative estimate of drug-likeness (QED) is 0.824. The van der Waals surface area contributed by atoms with E-state index in [-0.39, 0.29) is 5.82 Å². The van der Waals surface area contributed by atoms with Crippen LogP contribution in [0, 0.1) is 5.82 Å². The van der Waals surface area contributed by atoms with Gasteiger partial charge >= 0.3 is 0 Å². The number of ether oxygens (including phenoxy) is 1. The zero-order valence-electron chi connectivity index (χ0n) is 10.4. The predicted octanol–water partition coefficient (Wildman–Crippen LogP) is 4.31. The summed E-state index contributed by atoms with van der Waals surface area (Å²) in [7, 11) is 0. The Morgan fingerprint density at radius 1 is 1.26 bits per heavy atom. The molecule has 0 heterocycles. The molecular formula is C14H14BrFN2O. The number of hydrogen-bond acceptors (Lipinski definition) is 3. The van der Waals surface area contributed by atoms with Crippen LogP contribution in [-0.4, -0.2) is 6.61 Å². The van der Waals surface area contributed by atoms with Gasteiger partial charge in [0.05, 0.1) is 23.7 Å². The van der Waals surface area contributed by atoms with Crippen LogP contribution >= 0.6 is 15.9 Å². The van der Waals surface area contributed by atoms with Crippen LogP contribution in [0.3, 0.4) is 0 Å². The first-order valence-corrected chi connectivity index (χ1v) is 6.64. The van der Waals surface area contributed by atoms with Gasteiger partial charge in [0.25, 0.3) is 0 Å². The van der Waals surface area contributed by atoms with E-state index in [2.05, 4.69) is 21.2 Å². The molecule has 2 aromatic rings. The summed E-state index contributed by atoms with van der Waals surface area (Å²) in [4.78, 5) is 0. The third-order valence-corrected chi connectivity index (χ3v) is 3.06. The van der Waals surface area contributed by atoms with Gasteiger partial charge in [0, 0.05) is 4.47 Å². The average Bonchev–Trinajstić information content (AvgIpc) is 2.37. The number of rotatable bonds is 4. The Labute approximate surface area is 119 Å². The van der Waals surface area contributed by atoms with Crippen molar-refractivity contribution in [2.45, 2.75) is 6.92 Å². The molecule has 0 unspecified atom stereocenters. The van der Waals surface area contributed by atoms with Gasteiger partial charge in [-0.2, -0.15) is 0 Å². The first kappa shape index (κ1) is 13.7. The molecule has 0 aliphatic rings. The van der Waals surface area contributed by atoms with Gasteiger partial charge in [0.15, 0.2) is 0 Å². The van der Waals surface area contributed by atoms with Gasteiger partial charge in [-0.25, -0.2) is 4.39 Å². The predicted molar refractivity (Wildman–Crippen MR) is 79.4 cm³/mol. The molecule has 19 heavy (non-hydrogen) atoms. The van der Waals surface area contributed by atoms with Crippen molar-refractivity contribution in [1.82, 2.24) is 0 Å². The van der Waals surface area contributed by atoms with Crippen LogP contribution in [0.15, 0.2) is 40.9 Å². The van der Waals surface area contributed by atoms with E-state index >= 15 is 0 Å². The fourth-order valence-corrected chi connectivity index (χ4v) is 2.00. The van der Waals surface area contributed by atoms with Gasteiger partial charge < -0.3 is 15.8 Å². The average molecular weight is 325 g/mol. The molecule has 3 N–H and O–H groups in total. The number of nitrogens with one attached hydrogen (secondary N) is 1. The number of nitrogen functional groups attached to an aromatic ring is 1. The molecule has 0 spiro atoms. The summed E-state index contributed by atoms with van der Waals surface area (Å²) in [5.74, 6) is 0.237. The minimum atomic E-state index is -0.351. The van der Waals surface area contributed by atoms with E-state index in [0.717, 1.165) is 0 Å². The third-order valence-electron chi connectivity index (χ3n) is 2.57. The maximum atomic E-state index is 13.8. The number of para-hydroxylation sites is 1. The largest absolute Gasteiger partial charge is 0.492 e. The second-order valence-electron chi connectivity index (χ2n) is 3.90. The van der Waals surface area contributed by atoms with Crippen LogP contribution in [0.4, 0.5) is 21.5 Å². The number of anilines is 3. The summed E-state index contributed by atoms with van der Waals surface area (Å²) in [5.41, 5.74) is 7.42. The van der Waals surface area contributed by atoms with E-state index in [1.54, 1.807) is 30.3 Å². The molecular weight excluding hydrogens is 311 g/mol.